The minimum absolute atomic E-state index is 0.00214. The molecule has 156 valence electrons. The van der Waals surface area contributed by atoms with Crippen molar-refractivity contribution >= 4 is 40.3 Å². The number of rotatable bonds is 7. The van der Waals surface area contributed by atoms with E-state index >= 15 is 0 Å². The molecule has 0 aliphatic heterocycles. The van der Waals surface area contributed by atoms with Gasteiger partial charge in [-0.1, -0.05) is 53.7 Å². The van der Waals surface area contributed by atoms with Crippen LogP contribution in [0.3, 0.4) is 0 Å². The van der Waals surface area contributed by atoms with Crippen molar-refractivity contribution in [2.45, 2.75) is 36.3 Å². The highest BCUT2D eigenvalue weighted by atomic mass is 35.5. The molecule has 4 aromatic rings. The number of carbonyl (C=O) groups is 1. The van der Waals surface area contributed by atoms with Gasteiger partial charge < -0.3 is 9.88 Å². The predicted octanol–water partition coefficient (Wildman–Crippen LogP) is 5.32. The van der Waals surface area contributed by atoms with Gasteiger partial charge in [-0.3, -0.25) is 9.78 Å². The molecule has 1 fully saturated rings. The zero-order chi connectivity index (χ0) is 21.2. The Bertz CT molecular complexity index is 1230. The first kappa shape index (κ1) is 20.1. The summed E-state index contributed by atoms with van der Waals surface area (Å²) < 4.78 is 2.17. The maximum absolute atomic E-state index is 12.3. The zero-order valence-electron chi connectivity index (χ0n) is 16.8. The van der Waals surface area contributed by atoms with Gasteiger partial charge in [0, 0.05) is 28.6 Å². The predicted molar refractivity (Wildman–Crippen MR) is 125 cm³/mol. The fraction of sp³-hybridized carbons (Fsp3) is 0.208. The van der Waals surface area contributed by atoms with E-state index < -0.39 is 0 Å². The summed E-state index contributed by atoms with van der Waals surface area (Å²) in [6.45, 7) is 0.650. The van der Waals surface area contributed by atoms with E-state index in [-0.39, 0.29) is 5.91 Å². The summed E-state index contributed by atoms with van der Waals surface area (Å²) in [6.07, 6.45) is 5.77. The molecule has 0 atom stereocenters. The lowest BCUT2D eigenvalue weighted by molar-refractivity contribution is 0.0951. The summed E-state index contributed by atoms with van der Waals surface area (Å²) >= 11 is 7.99. The smallest absolute Gasteiger partial charge is 0.251 e. The molecule has 2 heterocycles. The van der Waals surface area contributed by atoms with E-state index in [2.05, 4.69) is 14.9 Å². The first-order valence-electron chi connectivity index (χ1n) is 10.2. The average molecular weight is 449 g/mol. The van der Waals surface area contributed by atoms with Crippen molar-refractivity contribution in [3.63, 3.8) is 0 Å². The fourth-order valence-electron chi connectivity index (χ4n) is 3.41. The van der Waals surface area contributed by atoms with Crippen LogP contribution < -0.4 is 5.32 Å². The van der Waals surface area contributed by atoms with E-state index in [1.807, 2.05) is 60.8 Å². The van der Waals surface area contributed by atoms with Crippen LogP contribution in [-0.4, -0.2) is 26.5 Å². The fourth-order valence-corrected chi connectivity index (χ4v) is 4.71. The Hall–Kier alpha value is -2.83. The highest BCUT2D eigenvalue weighted by Crippen LogP contribution is 2.29. The van der Waals surface area contributed by atoms with Crippen LogP contribution in [-0.2, 0) is 12.3 Å². The van der Waals surface area contributed by atoms with Crippen LogP contribution in [0.4, 0.5) is 0 Å². The number of amides is 1. The highest BCUT2D eigenvalue weighted by Gasteiger charge is 2.23. The van der Waals surface area contributed by atoms with Crippen molar-refractivity contribution in [3.05, 3.63) is 88.7 Å². The van der Waals surface area contributed by atoms with Gasteiger partial charge in [0.1, 0.15) is 0 Å². The topological polar surface area (TPSA) is 59.8 Å². The lowest BCUT2D eigenvalue weighted by atomic mass is 10.1. The quantitative estimate of drug-likeness (QED) is 0.389. The Labute approximate surface area is 189 Å². The maximum Gasteiger partial charge on any atom is 0.251 e. The number of hydrogen-bond donors (Lipinski definition) is 1. The van der Waals surface area contributed by atoms with Gasteiger partial charge in [-0.05, 0) is 48.2 Å². The molecule has 31 heavy (non-hydrogen) atoms. The molecule has 1 saturated carbocycles. The van der Waals surface area contributed by atoms with Gasteiger partial charge in [0.25, 0.3) is 5.91 Å². The molecule has 1 aliphatic carbocycles. The zero-order valence-corrected chi connectivity index (χ0v) is 18.4. The van der Waals surface area contributed by atoms with Gasteiger partial charge in [0.15, 0.2) is 5.16 Å². The summed E-state index contributed by atoms with van der Waals surface area (Å²) in [5.74, 6) is 0.735. The number of benzene rings is 2. The first-order valence-corrected chi connectivity index (χ1v) is 11.6. The van der Waals surface area contributed by atoms with Crippen molar-refractivity contribution < 1.29 is 4.79 Å². The van der Waals surface area contributed by atoms with E-state index in [4.69, 9.17) is 16.6 Å². The third kappa shape index (κ3) is 4.60. The molecule has 0 unspecified atom stereocenters. The molecule has 0 spiro atoms. The van der Waals surface area contributed by atoms with Gasteiger partial charge in [-0.15, -0.1) is 0 Å². The molecule has 5 rings (SSSR count). The molecule has 1 aliphatic rings. The van der Waals surface area contributed by atoms with E-state index in [0.29, 0.717) is 18.2 Å². The van der Waals surface area contributed by atoms with Gasteiger partial charge in [-0.25, -0.2) is 4.98 Å². The molecule has 0 radical (unpaired) electrons. The Kier molecular flexibility index (Phi) is 5.66. The molecule has 2 aromatic carbocycles. The summed E-state index contributed by atoms with van der Waals surface area (Å²) in [6, 6.07) is 18.0. The lowest BCUT2D eigenvalue weighted by Gasteiger charge is -2.10. The summed E-state index contributed by atoms with van der Waals surface area (Å²) in [4.78, 5) is 21.4. The van der Waals surface area contributed by atoms with Crippen LogP contribution in [0.1, 0.15) is 34.3 Å². The van der Waals surface area contributed by atoms with E-state index in [1.165, 1.54) is 0 Å². The molecule has 1 amide bonds. The van der Waals surface area contributed by atoms with E-state index in [9.17, 15) is 4.79 Å². The molecular formula is C24H21ClN4OS. The van der Waals surface area contributed by atoms with Gasteiger partial charge in [0.05, 0.1) is 23.8 Å². The molecular weight excluding hydrogens is 428 g/mol. The van der Waals surface area contributed by atoms with E-state index in [0.717, 1.165) is 50.9 Å². The monoisotopic (exact) mass is 448 g/mol. The summed E-state index contributed by atoms with van der Waals surface area (Å²) in [5.41, 5.74) is 4.78. The average Bonchev–Trinajstić information content (AvgIpc) is 3.54. The second kappa shape index (κ2) is 8.73. The number of hydrogen-bond acceptors (Lipinski definition) is 4. The van der Waals surface area contributed by atoms with Gasteiger partial charge in [0.2, 0.25) is 0 Å². The lowest BCUT2D eigenvalue weighted by Crippen LogP contribution is -2.25. The summed E-state index contributed by atoms with van der Waals surface area (Å²) in [7, 11) is 0. The van der Waals surface area contributed by atoms with Crippen LogP contribution in [0.2, 0.25) is 5.02 Å². The Morgan fingerprint density at radius 1 is 1.13 bits per heavy atom. The second-order valence-corrected chi connectivity index (χ2v) is 9.02. The largest absolute Gasteiger partial charge is 0.349 e. The van der Waals surface area contributed by atoms with Crippen molar-refractivity contribution in [2.75, 3.05) is 0 Å². The second-order valence-electron chi connectivity index (χ2n) is 7.67. The van der Waals surface area contributed by atoms with Gasteiger partial charge >= 0.3 is 0 Å². The Morgan fingerprint density at radius 2 is 1.94 bits per heavy atom. The maximum atomic E-state index is 12.3. The Morgan fingerprint density at radius 3 is 2.71 bits per heavy atom. The SMILES string of the molecule is O=C(NC1CC1)c1ccc(Cn2c(SCc3ccccc3Cl)nc3ccncc32)cc1. The number of imidazole rings is 1. The Balaban J connectivity index is 1.38. The van der Waals surface area contributed by atoms with Crippen LogP contribution in [0, 0.1) is 0 Å². The molecule has 0 bridgehead atoms. The third-order valence-electron chi connectivity index (χ3n) is 5.30. The van der Waals surface area contributed by atoms with E-state index in [1.54, 1.807) is 18.0 Å². The van der Waals surface area contributed by atoms with Crippen molar-refractivity contribution in [1.29, 1.82) is 0 Å². The van der Waals surface area contributed by atoms with Crippen LogP contribution in [0.25, 0.3) is 11.0 Å². The minimum atomic E-state index is 0.00214. The molecule has 0 saturated heterocycles. The number of carbonyl (C=O) groups excluding carboxylic acids is 1. The number of nitrogens with one attached hydrogen (secondary N) is 1. The first-order chi connectivity index (χ1) is 15.2. The highest BCUT2D eigenvalue weighted by molar-refractivity contribution is 7.98. The number of pyridine rings is 1. The number of fused-ring (bicyclic) bond motifs is 1. The van der Waals surface area contributed by atoms with Crippen LogP contribution >= 0.6 is 23.4 Å². The van der Waals surface area contributed by atoms with Gasteiger partial charge in [-0.2, -0.15) is 0 Å². The third-order valence-corrected chi connectivity index (χ3v) is 6.69. The van der Waals surface area contributed by atoms with Crippen molar-refractivity contribution in [1.82, 2.24) is 19.9 Å². The standard InChI is InChI=1S/C24H21ClN4OS/c25-20-4-2-1-3-18(20)15-31-24-28-21-11-12-26-13-22(21)29(24)14-16-5-7-17(8-6-16)23(30)27-19-9-10-19/h1-8,11-13,19H,9-10,14-15H2,(H,27,30). The number of aromatic nitrogens is 3. The number of halogens is 1. The molecule has 2 aromatic heterocycles. The molecule has 7 heteroatoms. The van der Waals surface area contributed by atoms with Crippen molar-refractivity contribution in [2.24, 2.45) is 0 Å². The molecule has 5 nitrogen and oxygen atoms in total. The normalized spacial score (nSPS) is 13.5. The summed E-state index contributed by atoms with van der Waals surface area (Å²) in [5, 5.41) is 4.71. The minimum Gasteiger partial charge on any atom is -0.349 e. The molecule has 1 N–H and O–H groups in total. The van der Waals surface area contributed by atoms with Crippen LogP contribution in [0.5, 0.6) is 0 Å². The van der Waals surface area contributed by atoms with Crippen molar-refractivity contribution in [3.8, 4) is 0 Å². The number of nitrogens with zero attached hydrogens (tertiary/aromatic N) is 3. The van der Waals surface area contributed by atoms with Crippen LogP contribution in [0.15, 0.2) is 72.1 Å². The number of thioether (sulfide) groups is 1.